The zero-order chi connectivity index (χ0) is 19.6. The van der Waals surface area contributed by atoms with Gasteiger partial charge in [0.2, 0.25) is 0 Å². The van der Waals surface area contributed by atoms with E-state index in [1.807, 2.05) is 0 Å². The van der Waals surface area contributed by atoms with Crippen LogP contribution >= 0.6 is 0 Å². The highest BCUT2D eigenvalue weighted by molar-refractivity contribution is 6.08. The molecule has 1 aromatic carbocycles. The minimum atomic E-state index is -4.84. The van der Waals surface area contributed by atoms with Crippen molar-refractivity contribution in [2.24, 2.45) is 5.41 Å². The monoisotopic (exact) mass is 363 g/mol. The summed E-state index contributed by atoms with van der Waals surface area (Å²) in [6, 6.07) is 2.88. The quantitative estimate of drug-likeness (QED) is 0.364. The van der Waals surface area contributed by atoms with Crippen LogP contribution in [0.15, 0.2) is 23.8 Å². The summed E-state index contributed by atoms with van der Waals surface area (Å²) in [7, 11) is 0. The number of nitrogens with zero attached hydrogens (tertiary/aromatic N) is 1. The lowest BCUT2D eigenvalue weighted by molar-refractivity contribution is -0.138. The van der Waals surface area contributed by atoms with Gasteiger partial charge < -0.3 is 9.84 Å². The summed E-state index contributed by atoms with van der Waals surface area (Å²) < 4.78 is 67.2. The molecule has 9 heteroatoms. The van der Waals surface area contributed by atoms with Crippen molar-refractivity contribution in [2.45, 2.75) is 33.6 Å². The fourth-order valence-corrected chi connectivity index (χ4v) is 1.81. The third-order valence-electron chi connectivity index (χ3n) is 3.04. The van der Waals surface area contributed by atoms with Crippen LogP contribution < -0.4 is 4.74 Å². The first-order valence-corrected chi connectivity index (χ1v) is 6.83. The van der Waals surface area contributed by atoms with Crippen LogP contribution in [-0.4, -0.2) is 17.5 Å². The molecular weight excluding hydrogens is 349 g/mol. The Morgan fingerprint density at radius 2 is 1.80 bits per heavy atom. The molecule has 0 aliphatic rings. The van der Waals surface area contributed by atoms with Gasteiger partial charge in [0.25, 0.3) is 0 Å². The SMILES string of the molecule is CC(C)(C)C(=O)C(C#N)=C(O)c1ccc(C(F)(F)F)cc1OC(F)F. The zero-order valence-corrected chi connectivity index (χ0v) is 13.4. The fourth-order valence-electron chi connectivity index (χ4n) is 1.81. The second kappa shape index (κ2) is 7.09. The van der Waals surface area contributed by atoms with Gasteiger partial charge in [0, 0.05) is 5.41 Å². The third-order valence-corrected chi connectivity index (χ3v) is 3.04. The van der Waals surface area contributed by atoms with Crippen molar-refractivity contribution in [2.75, 3.05) is 0 Å². The van der Waals surface area contributed by atoms with Crippen LogP contribution in [0.1, 0.15) is 31.9 Å². The number of Topliss-reactive ketones (excluding diaryl/α,β-unsaturated/α-hetero) is 1. The van der Waals surface area contributed by atoms with Crippen LogP contribution in [-0.2, 0) is 11.0 Å². The van der Waals surface area contributed by atoms with Crippen molar-refractivity contribution in [3.8, 4) is 11.8 Å². The molecule has 0 heterocycles. The lowest BCUT2D eigenvalue weighted by Crippen LogP contribution is -2.22. The van der Waals surface area contributed by atoms with Gasteiger partial charge in [-0.3, -0.25) is 4.79 Å². The number of allylic oxidation sites excluding steroid dienone is 1. The summed E-state index contributed by atoms with van der Waals surface area (Å²) in [5.74, 6) is -2.85. The first-order valence-electron chi connectivity index (χ1n) is 6.83. The predicted molar refractivity (Wildman–Crippen MR) is 77.7 cm³/mol. The number of rotatable bonds is 4. The molecule has 0 aliphatic heterocycles. The van der Waals surface area contributed by atoms with Crippen molar-refractivity contribution in [1.29, 1.82) is 5.26 Å². The molecule has 0 spiro atoms. The van der Waals surface area contributed by atoms with E-state index in [1.165, 1.54) is 26.8 Å². The number of aliphatic hydroxyl groups is 1. The minimum absolute atomic E-state index is 0.258. The number of aliphatic hydroxyl groups excluding tert-OH is 1. The van der Waals surface area contributed by atoms with Gasteiger partial charge in [0.15, 0.2) is 5.78 Å². The summed E-state index contributed by atoms with van der Waals surface area (Å²) in [4.78, 5) is 12.2. The van der Waals surface area contributed by atoms with Crippen LogP contribution in [0.5, 0.6) is 5.75 Å². The molecular formula is C16H14F5NO3. The van der Waals surface area contributed by atoms with Crippen molar-refractivity contribution in [3.63, 3.8) is 0 Å². The van der Waals surface area contributed by atoms with Gasteiger partial charge in [-0.2, -0.15) is 27.2 Å². The Kier molecular flexibility index (Phi) is 5.79. The average molecular weight is 363 g/mol. The summed E-state index contributed by atoms with van der Waals surface area (Å²) in [5.41, 5.74) is -3.77. The Hall–Kier alpha value is -2.63. The number of hydrogen-bond acceptors (Lipinski definition) is 4. The largest absolute Gasteiger partial charge is 0.506 e. The second-order valence-electron chi connectivity index (χ2n) is 6.00. The molecule has 0 amide bonds. The molecule has 0 radical (unpaired) electrons. The fraction of sp³-hybridized carbons (Fsp3) is 0.375. The highest BCUT2D eigenvalue weighted by Gasteiger charge is 2.33. The molecule has 0 atom stereocenters. The van der Waals surface area contributed by atoms with Gasteiger partial charge in [-0.15, -0.1) is 0 Å². The molecule has 0 fully saturated rings. The molecule has 1 aromatic rings. The molecule has 136 valence electrons. The van der Waals surface area contributed by atoms with E-state index in [2.05, 4.69) is 4.74 Å². The van der Waals surface area contributed by atoms with Crippen molar-refractivity contribution < 1.29 is 36.6 Å². The van der Waals surface area contributed by atoms with E-state index in [0.717, 1.165) is 0 Å². The van der Waals surface area contributed by atoms with E-state index in [0.29, 0.717) is 12.1 Å². The van der Waals surface area contributed by atoms with Gasteiger partial charge in [-0.25, -0.2) is 0 Å². The van der Waals surface area contributed by atoms with Gasteiger partial charge in [0.05, 0.1) is 11.1 Å². The van der Waals surface area contributed by atoms with Crippen LogP contribution in [0.25, 0.3) is 5.76 Å². The van der Waals surface area contributed by atoms with Gasteiger partial charge in [0.1, 0.15) is 23.2 Å². The van der Waals surface area contributed by atoms with Gasteiger partial charge in [-0.05, 0) is 18.2 Å². The predicted octanol–water partition coefficient (Wildman–Crippen LogP) is 4.71. The van der Waals surface area contributed by atoms with E-state index in [1.54, 1.807) is 0 Å². The maximum Gasteiger partial charge on any atom is 0.416 e. The van der Waals surface area contributed by atoms with Crippen LogP contribution in [0.3, 0.4) is 0 Å². The lowest BCUT2D eigenvalue weighted by Gasteiger charge is -2.18. The number of halogens is 5. The zero-order valence-electron chi connectivity index (χ0n) is 13.4. The first-order chi connectivity index (χ1) is 11.3. The van der Waals surface area contributed by atoms with E-state index >= 15 is 0 Å². The number of carbonyl (C=O) groups excluding carboxylic acids is 1. The highest BCUT2D eigenvalue weighted by atomic mass is 19.4. The summed E-state index contributed by atoms with van der Waals surface area (Å²) in [5, 5.41) is 19.2. The number of hydrogen-bond donors (Lipinski definition) is 1. The third kappa shape index (κ3) is 4.92. The minimum Gasteiger partial charge on any atom is -0.506 e. The Labute approximate surface area is 140 Å². The molecule has 0 unspecified atom stereocenters. The molecule has 4 nitrogen and oxygen atoms in total. The topological polar surface area (TPSA) is 70.3 Å². The molecule has 25 heavy (non-hydrogen) atoms. The van der Waals surface area contributed by atoms with Crippen molar-refractivity contribution in [3.05, 3.63) is 34.9 Å². The Morgan fingerprint density at radius 1 is 1.24 bits per heavy atom. The Bertz CT molecular complexity index is 740. The Morgan fingerprint density at radius 3 is 2.20 bits per heavy atom. The van der Waals surface area contributed by atoms with E-state index in [4.69, 9.17) is 5.26 Å². The smallest absolute Gasteiger partial charge is 0.416 e. The van der Waals surface area contributed by atoms with Crippen LogP contribution in [0.2, 0.25) is 0 Å². The Balaban J connectivity index is 3.61. The molecule has 0 saturated carbocycles. The van der Waals surface area contributed by atoms with Crippen molar-refractivity contribution in [1.82, 2.24) is 0 Å². The second-order valence-corrected chi connectivity index (χ2v) is 6.00. The molecule has 0 saturated heterocycles. The van der Waals surface area contributed by atoms with Gasteiger partial charge >= 0.3 is 12.8 Å². The summed E-state index contributed by atoms with van der Waals surface area (Å²) >= 11 is 0. The van der Waals surface area contributed by atoms with E-state index < -0.39 is 52.2 Å². The van der Waals surface area contributed by atoms with E-state index in [-0.39, 0.29) is 6.07 Å². The molecule has 1 N–H and O–H groups in total. The maximum absolute atomic E-state index is 12.7. The van der Waals surface area contributed by atoms with Crippen LogP contribution in [0.4, 0.5) is 22.0 Å². The maximum atomic E-state index is 12.7. The number of benzene rings is 1. The molecule has 0 bridgehead atoms. The molecule has 0 aromatic heterocycles. The van der Waals surface area contributed by atoms with Gasteiger partial charge in [-0.1, -0.05) is 20.8 Å². The standard InChI is InChI=1S/C16H14F5NO3/c1-15(2,3)13(24)10(7-22)12(23)9-5-4-8(16(19,20)21)6-11(9)25-14(17)18/h4-6,14,23H,1-3H3. The van der Waals surface area contributed by atoms with E-state index in [9.17, 15) is 31.9 Å². The average Bonchev–Trinajstić information content (AvgIpc) is 2.45. The normalized spacial score (nSPS) is 13.3. The lowest BCUT2D eigenvalue weighted by atomic mass is 9.85. The number of carbonyl (C=O) groups is 1. The number of alkyl halides is 5. The number of ether oxygens (including phenoxy) is 1. The molecule has 1 rings (SSSR count). The van der Waals surface area contributed by atoms with Crippen molar-refractivity contribution >= 4 is 11.5 Å². The number of nitriles is 1. The number of ketones is 1. The summed E-state index contributed by atoms with van der Waals surface area (Å²) in [6.45, 7) is 0.870. The molecule has 0 aliphatic carbocycles. The summed E-state index contributed by atoms with van der Waals surface area (Å²) in [6.07, 6.45) is -4.84. The highest BCUT2D eigenvalue weighted by Crippen LogP contribution is 2.37. The first kappa shape index (κ1) is 20.4. The van der Waals surface area contributed by atoms with Crippen LogP contribution in [0, 0.1) is 16.7 Å².